The van der Waals surface area contributed by atoms with Crippen molar-refractivity contribution in [1.29, 1.82) is 0 Å². The molecule has 92 valence electrons. The van der Waals surface area contributed by atoms with Gasteiger partial charge in [0, 0.05) is 12.6 Å². The molecule has 1 saturated carbocycles. The number of aliphatic imine (C=N–C) groups is 1. The van der Waals surface area contributed by atoms with Crippen LogP contribution in [0.1, 0.15) is 39.0 Å². The molecular formula is C12H22IN3. The number of nitrogens with one attached hydrogen (secondary N) is 2. The van der Waals surface area contributed by atoms with Gasteiger partial charge in [0.25, 0.3) is 0 Å². The Morgan fingerprint density at radius 1 is 1.38 bits per heavy atom. The lowest BCUT2D eigenvalue weighted by Gasteiger charge is -2.24. The molecule has 0 amide bonds. The fourth-order valence-electron chi connectivity index (χ4n) is 1.88. The van der Waals surface area contributed by atoms with Crippen molar-refractivity contribution in [2.24, 2.45) is 4.99 Å². The first-order valence-electron chi connectivity index (χ1n) is 5.85. The molecule has 0 saturated heterocycles. The van der Waals surface area contributed by atoms with Crippen molar-refractivity contribution in [2.45, 2.75) is 45.1 Å². The summed E-state index contributed by atoms with van der Waals surface area (Å²) >= 11 is 0. The predicted molar refractivity (Wildman–Crippen MR) is 80.2 cm³/mol. The molecule has 1 rings (SSSR count). The summed E-state index contributed by atoms with van der Waals surface area (Å²) in [6.07, 6.45) is 11.7. The SMILES string of the molecule is C#CCN=C(NCC)NC1CCCCC1.I. The van der Waals surface area contributed by atoms with Gasteiger partial charge in [0.15, 0.2) is 5.96 Å². The minimum Gasteiger partial charge on any atom is -0.357 e. The third-order valence-corrected chi connectivity index (χ3v) is 2.62. The Kier molecular flexibility index (Phi) is 9.49. The van der Waals surface area contributed by atoms with E-state index < -0.39 is 0 Å². The second kappa shape index (κ2) is 9.76. The zero-order valence-electron chi connectivity index (χ0n) is 9.96. The predicted octanol–water partition coefficient (Wildman–Crippen LogP) is 2.13. The first-order valence-corrected chi connectivity index (χ1v) is 5.85. The average Bonchev–Trinajstić information content (AvgIpc) is 2.28. The molecule has 1 aliphatic rings. The van der Waals surface area contributed by atoms with Crippen LogP contribution in [0.25, 0.3) is 0 Å². The van der Waals surface area contributed by atoms with Crippen LogP contribution in [0.3, 0.4) is 0 Å². The molecule has 0 aromatic rings. The Morgan fingerprint density at radius 2 is 2.06 bits per heavy atom. The second-order valence-electron chi connectivity index (χ2n) is 3.88. The Morgan fingerprint density at radius 3 is 2.62 bits per heavy atom. The van der Waals surface area contributed by atoms with Gasteiger partial charge in [-0.1, -0.05) is 25.2 Å². The van der Waals surface area contributed by atoms with Crippen LogP contribution < -0.4 is 10.6 Å². The topological polar surface area (TPSA) is 36.4 Å². The van der Waals surface area contributed by atoms with Gasteiger partial charge in [-0.05, 0) is 19.8 Å². The van der Waals surface area contributed by atoms with E-state index in [9.17, 15) is 0 Å². The standard InChI is InChI=1S/C12H21N3.HI/c1-3-10-14-12(13-4-2)15-11-8-6-5-7-9-11;/h1,11H,4-10H2,2H3,(H2,13,14,15);1H. The van der Waals surface area contributed by atoms with Crippen molar-refractivity contribution in [2.75, 3.05) is 13.1 Å². The first-order chi connectivity index (χ1) is 7.36. The van der Waals surface area contributed by atoms with E-state index in [0.717, 1.165) is 12.5 Å². The lowest BCUT2D eigenvalue weighted by atomic mass is 9.96. The highest BCUT2D eigenvalue weighted by molar-refractivity contribution is 14.0. The normalized spacial score (nSPS) is 17.1. The van der Waals surface area contributed by atoms with Gasteiger partial charge >= 0.3 is 0 Å². The summed E-state index contributed by atoms with van der Waals surface area (Å²) in [5.41, 5.74) is 0. The largest absolute Gasteiger partial charge is 0.357 e. The van der Waals surface area contributed by atoms with Crippen molar-refractivity contribution in [3.8, 4) is 12.3 Å². The number of halogens is 1. The molecule has 0 aromatic heterocycles. The van der Waals surface area contributed by atoms with Crippen molar-refractivity contribution >= 4 is 29.9 Å². The molecule has 16 heavy (non-hydrogen) atoms. The molecule has 4 heteroatoms. The van der Waals surface area contributed by atoms with Gasteiger partial charge in [0.1, 0.15) is 6.54 Å². The maximum Gasteiger partial charge on any atom is 0.192 e. The zero-order valence-corrected chi connectivity index (χ0v) is 12.3. The summed E-state index contributed by atoms with van der Waals surface area (Å²) in [4.78, 5) is 4.28. The number of rotatable bonds is 3. The summed E-state index contributed by atoms with van der Waals surface area (Å²) in [7, 11) is 0. The number of hydrogen-bond acceptors (Lipinski definition) is 1. The van der Waals surface area contributed by atoms with Crippen LogP contribution in [-0.2, 0) is 0 Å². The molecule has 0 unspecified atom stereocenters. The van der Waals surface area contributed by atoms with Crippen LogP contribution in [0.2, 0.25) is 0 Å². The molecule has 2 N–H and O–H groups in total. The van der Waals surface area contributed by atoms with E-state index in [1.54, 1.807) is 0 Å². The third-order valence-electron chi connectivity index (χ3n) is 2.62. The highest BCUT2D eigenvalue weighted by Crippen LogP contribution is 2.17. The minimum absolute atomic E-state index is 0. The molecule has 0 bridgehead atoms. The van der Waals surface area contributed by atoms with Gasteiger partial charge in [-0.25, -0.2) is 4.99 Å². The maximum absolute atomic E-state index is 5.19. The fraction of sp³-hybridized carbons (Fsp3) is 0.750. The van der Waals surface area contributed by atoms with E-state index in [2.05, 4.69) is 28.5 Å². The molecule has 1 fully saturated rings. The van der Waals surface area contributed by atoms with E-state index in [-0.39, 0.29) is 24.0 Å². The summed E-state index contributed by atoms with van der Waals surface area (Å²) in [6.45, 7) is 3.39. The zero-order chi connectivity index (χ0) is 10.9. The Balaban J connectivity index is 0.00000225. The van der Waals surface area contributed by atoms with Crippen LogP contribution >= 0.6 is 24.0 Å². The Labute approximate surface area is 116 Å². The molecule has 0 aliphatic heterocycles. The number of terminal acetylenes is 1. The lowest BCUT2D eigenvalue weighted by Crippen LogP contribution is -2.44. The summed E-state index contributed by atoms with van der Waals surface area (Å²) in [5, 5.41) is 6.64. The van der Waals surface area contributed by atoms with Crippen LogP contribution in [-0.4, -0.2) is 25.1 Å². The van der Waals surface area contributed by atoms with Crippen LogP contribution in [0.5, 0.6) is 0 Å². The molecule has 1 aliphatic carbocycles. The molecular weight excluding hydrogens is 313 g/mol. The van der Waals surface area contributed by atoms with Crippen LogP contribution in [0.15, 0.2) is 4.99 Å². The Bertz CT molecular complexity index is 239. The molecule has 0 heterocycles. The smallest absolute Gasteiger partial charge is 0.192 e. The maximum atomic E-state index is 5.19. The fourth-order valence-corrected chi connectivity index (χ4v) is 1.88. The van der Waals surface area contributed by atoms with Gasteiger partial charge < -0.3 is 10.6 Å². The van der Waals surface area contributed by atoms with Gasteiger partial charge in [-0.3, -0.25) is 0 Å². The van der Waals surface area contributed by atoms with Gasteiger partial charge in [-0.15, -0.1) is 30.4 Å². The van der Waals surface area contributed by atoms with Crippen molar-refractivity contribution in [3.05, 3.63) is 0 Å². The van der Waals surface area contributed by atoms with E-state index in [0.29, 0.717) is 12.6 Å². The van der Waals surface area contributed by atoms with E-state index in [4.69, 9.17) is 6.42 Å². The van der Waals surface area contributed by atoms with Crippen LogP contribution in [0.4, 0.5) is 0 Å². The van der Waals surface area contributed by atoms with E-state index >= 15 is 0 Å². The molecule has 0 spiro atoms. The highest BCUT2D eigenvalue weighted by Gasteiger charge is 2.13. The van der Waals surface area contributed by atoms with Crippen molar-refractivity contribution < 1.29 is 0 Å². The van der Waals surface area contributed by atoms with Crippen LogP contribution in [0, 0.1) is 12.3 Å². The molecule has 0 atom stereocenters. The molecule has 3 nitrogen and oxygen atoms in total. The molecule has 0 aromatic carbocycles. The summed E-state index contributed by atoms with van der Waals surface area (Å²) < 4.78 is 0. The quantitative estimate of drug-likeness (QED) is 0.359. The van der Waals surface area contributed by atoms with E-state index in [1.165, 1.54) is 32.1 Å². The number of nitrogens with zero attached hydrogens (tertiary/aromatic N) is 1. The van der Waals surface area contributed by atoms with E-state index in [1.807, 2.05) is 0 Å². The van der Waals surface area contributed by atoms with Gasteiger partial charge in [0.2, 0.25) is 0 Å². The molecule has 0 radical (unpaired) electrons. The monoisotopic (exact) mass is 335 g/mol. The van der Waals surface area contributed by atoms with Crippen molar-refractivity contribution in [3.63, 3.8) is 0 Å². The average molecular weight is 335 g/mol. The lowest BCUT2D eigenvalue weighted by molar-refractivity contribution is 0.410. The van der Waals surface area contributed by atoms with Gasteiger partial charge in [0.05, 0.1) is 0 Å². The Hall–Kier alpha value is -0.440. The van der Waals surface area contributed by atoms with Gasteiger partial charge in [-0.2, -0.15) is 0 Å². The third kappa shape index (κ3) is 6.21. The number of hydrogen-bond donors (Lipinski definition) is 2. The van der Waals surface area contributed by atoms with Crippen molar-refractivity contribution in [1.82, 2.24) is 10.6 Å². The summed E-state index contributed by atoms with van der Waals surface area (Å²) in [5.74, 6) is 3.39. The minimum atomic E-state index is 0. The second-order valence-corrected chi connectivity index (χ2v) is 3.88. The summed E-state index contributed by atoms with van der Waals surface area (Å²) in [6, 6.07) is 0.578. The highest BCUT2D eigenvalue weighted by atomic mass is 127. The first kappa shape index (κ1) is 15.6. The number of guanidine groups is 1.